The molecule has 0 aromatic carbocycles. The van der Waals surface area contributed by atoms with Crippen LogP contribution in [0.25, 0.3) is 0 Å². The van der Waals surface area contributed by atoms with Gasteiger partial charge in [0, 0.05) is 11.6 Å². The first-order valence-corrected chi connectivity index (χ1v) is 4.97. The van der Waals surface area contributed by atoms with E-state index in [1.54, 1.807) is 6.20 Å². The van der Waals surface area contributed by atoms with Crippen molar-refractivity contribution >= 4 is 5.84 Å². The van der Waals surface area contributed by atoms with Gasteiger partial charge in [0.2, 0.25) is 6.17 Å². The van der Waals surface area contributed by atoms with Crippen molar-refractivity contribution in [1.29, 1.82) is 0 Å². The maximum Gasteiger partial charge on any atom is 0.204 e. The van der Waals surface area contributed by atoms with Crippen LogP contribution in [0.2, 0.25) is 0 Å². The Bertz CT molecular complexity index is 400. The predicted octanol–water partition coefficient (Wildman–Crippen LogP) is 2.99. The second kappa shape index (κ2) is 3.53. The van der Waals surface area contributed by atoms with E-state index in [1.807, 2.05) is 18.2 Å². The van der Waals surface area contributed by atoms with Crippen LogP contribution in [0, 0.1) is 5.41 Å². The summed E-state index contributed by atoms with van der Waals surface area (Å²) in [6, 6.07) is 5.73. The van der Waals surface area contributed by atoms with Gasteiger partial charge in [-0.25, -0.2) is 4.99 Å². The van der Waals surface area contributed by atoms with Gasteiger partial charge < -0.3 is 0 Å². The van der Waals surface area contributed by atoms with Crippen LogP contribution in [0.1, 0.15) is 32.6 Å². The van der Waals surface area contributed by atoms with Crippen molar-refractivity contribution in [3.8, 4) is 0 Å². The maximum atomic E-state index is 4.45. The summed E-state index contributed by atoms with van der Waals surface area (Å²) in [5, 5.41) is 8.21. The summed E-state index contributed by atoms with van der Waals surface area (Å²) in [5.41, 5.74) is 0.799. The molecule has 1 aromatic rings. The normalized spacial score (nSPS) is 20.5. The summed E-state index contributed by atoms with van der Waals surface area (Å²) in [5.74, 6) is 0.790. The molecule has 0 amide bonds. The molecule has 2 heterocycles. The van der Waals surface area contributed by atoms with E-state index in [-0.39, 0.29) is 11.6 Å². The highest BCUT2D eigenvalue weighted by atomic mass is 15.3. The van der Waals surface area contributed by atoms with Crippen molar-refractivity contribution in [3.05, 3.63) is 30.1 Å². The predicted molar refractivity (Wildman–Crippen MR) is 58.7 cm³/mol. The molecule has 4 heteroatoms. The van der Waals surface area contributed by atoms with Crippen LogP contribution in [-0.2, 0) is 0 Å². The molecule has 1 aliphatic heterocycles. The minimum atomic E-state index is -0.250. The van der Waals surface area contributed by atoms with Gasteiger partial charge in [-0.05, 0) is 12.1 Å². The number of azo groups is 1. The van der Waals surface area contributed by atoms with Crippen molar-refractivity contribution in [1.82, 2.24) is 4.98 Å². The third-order valence-corrected chi connectivity index (χ3v) is 2.13. The Morgan fingerprint density at radius 3 is 2.53 bits per heavy atom. The summed E-state index contributed by atoms with van der Waals surface area (Å²) < 4.78 is 0. The lowest BCUT2D eigenvalue weighted by Gasteiger charge is -2.13. The smallest absolute Gasteiger partial charge is 0.204 e. The van der Waals surface area contributed by atoms with E-state index in [9.17, 15) is 0 Å². The van der Waals surface area contributed by atoms with Crippen LogP contribution in [-0.4, -0.2) is 10.8 Å². The second-order valence-electron chi connectivity index (χ2n) is 4.55. The molecule has 1 aliphatic rings. The molecule has 1 aromatic heterocycles. The Morgan fingerprint density at radius 1 is 1.20 bits per heavy atom. The van der Waals surface area contributed by atoms with Gasteiger partial charge in [-0.3, -0.25) is 4.98 Å². The van der Waals surface area contributed by atoms with E-state index < -0.39 is 0 Å². The minimum Gasteiger partial charge on any atom is -0.257 e. The van der Waals surface area contributed by atoms with Gasteiger partial charge in [0.1, 0.15) is 0 Å². The average Bonchev–Trinajstić information content (AvgIpc) is 2.67. The molecule has 0 aliphatic carbocycles. The molecule has 1 unspecified atom stereocenters. The number of hydrogen-bond acceptors (Lipinski definition) is 4. The molecule has 4 nitrogen and oxygen atoms in total. The maximum absolute atomic E-state index is 4.45. The number of hydrogen-bond donors (Lipinski definition) is 0. The summed E-state index contributed by atoms with van der Waals surface area (Å²) in [7, 11) is 0. The fourth-order valence-electron chi connectivity index (χ4n) is 1.27. The molecule has 0 N–H and O–H groups in total. The largest absolute Gasteiger partial charge is 0.257 e. The zero-order chi connectivity index (χ0) is 10.9. The highest BCUT2D eigenvalue weighted by Crippen LogP contribution is 2.28. The van der Waals surface area contributed by atoms with Crippen LogP contribution in [0.15, 0.2) is 39.6 Å². The van der Waals surface area contributed by atoms with Crippen LogP contribution in [0.4, 0.5) is 0 Å². The van der Waals surface area contributed by atoms with Crippen molar-refractivity contribution < 1.29 is 0 Å². The Hall–Kier alpha value is -1.58. The van der Waals surface area contributed by atoms with Crippen LogP contribution in [0.5, 0.6) is 0 Å². The number of amidine groups is 1. The third-order valence-electron chi connectivity index (χ3n) is 2.13. The monoisotopic (exact) mass is 202 g/mol. The summed E-state index contributed by atoms with van der Waals surface area (Å²) in [6.07, 6.45) is 1.50. The van der Waals surface area contributed by atoms with Crippen molar-refractivity contribution in [2.24, 2.45) is 20.6 Å². The molecule has 78 valence electrons. The molecule has 0 bridgehead atoms. The van der Waals surface area contributed by atoms with Crippen molar-refractivity contribution in [2.75, 3.05) is 0 Å². The van der Waals surface area contributed by atoms with Gasteiger partial charge in [-0.2, -0.15) is 5.11 Å². The molecule has 0 saturated heterocycles. The highest BCUT2D eigenvalue weighted by Gasteiger charge is 2.25. The molecule has 0 fully saturated rings. The van der Waals surface area contributed by atoms with E-state index in [1.165, 1.54) is 0 Å². The lowest BCUT2D eigenvalue weighted by atomic mass is 9.95. The lowest BCUT2D eigenvalue weighted by molar-refractivity contribution is 0.584. The number of rotatable bonds is 1. The Balaban J connectivity index is 2.25. The molecular formula is C11H14N4. The standard InChI is InChI=1S/C11H14N4/c1-11(2,3)10-13-9(14-15-10)8-6-4-5-7-12-8/h4-7,9H,1-3H3. The SMILES string of the molecule is CC(C)(C)C1=NC(c2ccccn2)N=N1. The summed E-state index contributed by atoms with van der Waals surface area (Å²) in [6.45, 7) is 6.23. The van der Waals surface area contributed by atoms with Gasteiger partial charge >= 0.3 is 0 Å². The molecule has 1 atom stereocenters. The number of pyridine rings is 1. The van der Waals surface area contributed by atoms with Crippen LogP contribution < -0.4 is 0 Å². The highest BCUT2D eigenvalue weighted by molar-refractivity contribution is 5.88. The van der Waals surface area contributed by atoms with Crippen molar-refractivity contribution in [2.45, 2.75) is 26.9 Å². The minimum absolute atomic E-state index is 0.0486. The summed E-state index contributed by atoms with van der Waals surface area (Å²) in [4.78, 5) is 8.67. The summed E-state index contributed by atoms with van der Waals surface area (Å²) >= 11 is 0. The molecule has 0 saturated carbocycles. The van der Waals surface area contributed by atoms with Gasteiger partial charge in [0.15, 0.2) is 5.84 Å². The van der Waals surface area contributed by atoms with Gasteiger partial charge in [0.25, 0.3) is 0 Å². The van der Waals surface area contributed by atoms with Crippen molar-refractivity contribution in [3.63, 3.8) is 0 Å². The second-order valence-corrected chi connectivity index (χ2v) is 4.55. The Kier molecular flexibility index (Phi) is 2.34. The van der Waals surface area contributed by atoms with Gasteiger partial charge in [0.05, 0.1) is 5.69 Å². The molecule has 0 spiro atoms. The first-order chi connectivity index (χ1) is 7.07. The van der Waals surface area contributed by atoms with Crippen LogP contribution >= 0.6 is 0 Å². The fourth-order valence-corrected chi connectivity index (χ4v) is 1.27. The van der Waals surface area contributed by atoms with E-state index in [0.717, 1.165) is 11.5 Å². The van der Waals surface area contributed by atoms with Gasteiger partial charge in [-0.1, -0.05) is 26.8 Å². The van der Waals surface area contributed by atoms with E-state index >= 15 is 0 Å². The molecule has 15 heavy (non-hydrogen) atoms. The number of aromatic nitrogens is 1. The number of aliphatic imine (C=N–C) groups is 1. The van der Waals surface area contributed by atoms with E-state index in [4.69, 9.17) is 0 Å². The zero-order valence-electron chi connectivity index (χ0n) is 9.18. The number of nitrogens with zero attached hydrogens (tertiary/aromatic N) is 4. The lowest BCUT2D eigenvalue weighted by Crippen LogP contribution is -2.16. The Morgan fingerprint density at radius 2 is 2.00 bits per heavy atom. The third kappa shape index (κ3) is 2.09. The zero-order valence-corrected chi connectivity index (χ0v) is 9.18. The first-order valence-electron chi connectivity index (χ1n) is 4.97. The topological polar surface area (TPSA) is 50.0 Å². The molecule has 2 rings (SSSR count). The van der Waals surface area contributed by atoms with E-state index in [2.05, 4.69) is 41.0 Å². The molecule has 0 radical (unpaired) electrons. The first kappa shape index (κ1) is 9.96. The fraction of sp³-hybridized carbons (Fsp3) is 0.455. The molecular weight excluding hydrogens is 188 g/mol. The Labute approximate surface area is 89.2 Å². The van der Waals surface area contributed by atoms with Gasteiger partial charge in [-0.15, -0.1) is 5.11 Å². The quantitative estimate of drug-likeness (QED) is 0.690. The van der Waals surface area contributed by atoms with E-state index in [0.29, 0.717) is 0 Å². The average molecular weight is 202 g/mol. The van der Waals surface area contributed by atoms with Crippen LogP contribution in [0.3, 0.4) is 0 Å².